The molecule has 0 radical (unpaired) electrons. The van der Waals surface area contributed by atoms with Crippen LogP contribution in [0.4, 0.5) is 5.82 Å². The van der Waals surface area contributed by atoms with Gasteiger partial charge in [0.15, 0.2) is 11.5 Å². The number of fused-ring (bicyclic) bond motifs is 1. The molecule has 4 heterocycles. The van der Waals surface area contributed by atoms with Crippen LogP contribution in [-0.4, -0.2) is 35.6 Å². The number of aryl methyl sites for hydroxylation is 1. The highest BCUT2D eigenvalue weighted by atomic mass is 16.1. The maximum Gasteiger partial charge on any atom is 0.274 e. The van der Waals surface area contributed by atoms with Crippen LogP contribution in [0.1, 0.15) is 16.1 Å². The third kappa shape index (κ3) is 4.11. The molecule has 0 fully saturated rings. The van der Waals surface area contributed by atoms with E-state index < -0.39 is 5.91 Å². The fourth-order valence-electron chi connectivity index (χ4n) is 3.53. The van der Waals surface area contributed by atoms with Crippen LogP contribution in [-0.2, 0) is 13.6 Å². The highest BCUT2D eigenvalue weighted by Gasteiger charge is 2.21. The van der Waals surface area contributed by atoms with Crippen molar-refractivity contribution < 1.29 is 4.79 Å². The number of nitrogens with two attached hydrogens (primary N) is 1. The summed E-state index contributed by atoms with van der Waals surface area (Å²) in [5.41, 5.74) is 10.4. The average Bonchev–Trinajstić information content (AvgIpc) is 3.29. The highest BCUT2D eigenvalue weighted by Crippen LogP contribution is 2.31. The molecule has 0 spiro atoms. The second-order valence-corrected chi connectivity index (χ2v) is 7.48. The molecule has 0 aliphatic heterocycles. The van der Waals surface area contributed by atoms with Crippen LogP contribution in [0.3, 0.4) is 0 Å². The predicted molar refractivity (Wildman–Crippen MR) is 125 cm³/mol. The lowest BCUT2D eigenvalue weighted by atomic mass is 10.0. The number of hydrogen-bond acceptors (Lipinski definition) is 7. The van der Waals surface area contributed by atoms with E-state index in [1.54, 1.807) is 23.3 Å². The van der Waals surface area contributed by atoms with E-state index in [1.807, 2.05) is 61.8 Å². The zero-order chi connectivity index (χ0) is 22.8. The molecule has 5 aromatic rings. The van der Waals surface area contributed by atoms with Gasteiger partial charge in [-0.3, -0.25) is 19.4 Å². The Morgan fingerprint density at radius 2 is 1.94 bits per heavy atom. The second kappa shape index (κ2) is 8.46. The number of nitrogen functional groups attached to an aromatic ring is 1. The molecule has 9 heteroatoms. The van der Waals surface area contributed by atoms with Crippen LogP contribution in [0.5, 0.6) is 0 Å². The number of benzene rings is 1. The van der Waals surface area contributed by atoms with Crippen molar-refractivity contribution >= 4 is 22.6 Å². The number of pyridine rings is 2. The lowest BCUT2D eigenvalue weighted by molar-refractivity contribution is 0.0946. The van der Waals surface area contributed by atoms with E-state index in [4.69, 9.17) is 5.73 Å². The first-order chi connectivity index (χ1) is 16.1. The molecule has 0 aliphatic carbocycles. The van der Waals surface area contributed by atoms with Crippen molar-refractivity contribution in [2.75, 3.05) is 5.73 Å². The smallest absolute Gasteiger partial charge is 0.274 e. The summed E-state index contributed by atoms with van der Waals surface area (Å²) in [6.07, 6.45) is 6.93. The zero-order valence-corrected chi connectivity index (χ0v) is 17.8. The number of nitrogens with one attached hydrogen (secondary N) is 1. The first-order valence-electron chi connectivity index (χ1n) is 10.3. The molecule has 1 aromatic carbocycles. The Balaban J connectivity index is 1.59. The second-order valence-electron chi connectivity index (χ2n) is 7.48. The minimum absolute atomic E-state index is 0.0329. The summed E-state index contributed by atoms with van der Waals surface area (Å²) in [5, 5.41) is 8.24. The highest BCUT2D eigenvalue weighted by molar-refractivity contribution is 5.98. The van der Waals surface area contributed by atoms with E-state index in [2.05, 4.69) is 30.4 Å². The van der Waals surface area contributed by atoms with Gasteiger partial charge in [-0.1, -0.05) is 18.2 Å². The Morgan fingerprint density at radius 3 is 2.73 bits per heavy atom. The lowest BCUT2D eigenvalue weighted by Crippen LogP contribution is -2.26. The van der Waals surface area contributed by atoms with Gasteiger partial charge in [0.25, 0.3) is 5.91 Å². The molecule has 162 valence electrons. The predicted octanol–water partition coefficient (Wildman–Crippen LogP) is 3.00. The minimum atomic E-state index is -0.417. The largest absolute Gasteiger partial charge is 0.382 e. The van der Waals surface area contributed by atoms with Crippen molar-refractivity contribution in [2.24, 2.45) is 7.05 Å². The van der Waals surface area contributed by atoms with Gasteiger partial charge in [-0.2, -0.15) is 5.10 Å². The number of hydrogen-bond donors (Lipinski definition) is 2. The first kappa shape index (κ1) is 20.3. The molecule has 3 N–H and O–H groups in total. The molecule has 0 aliphatic rings. The molecule has 0 saturated heterocycles. The van der Waals surface area contributed by atoms with Crippen LogP contribution in [0, 0.1) is 0 Å². The molecule has 4 aromatic heterocycles. The number of carbonyl (C=O) groups excluding carboxylic acids is 1. The molecule has 0 bridgehead atoms. The van der Waals surface area contributed by atoms with Gasteiger partial charge in [0.1, 0.15) is 11.4 Å². The Bertz CT molecular complexity index is 1460. The van der Waals surface area contributed by atoms with E-state index >= 15 is 0 Å². The van der Waals surface area contributed by atoms with Crippen LogP contribution >= 0.6 is 0 Å². The molecular formula is C24H20N8O. The Labute approximate surface area is 189 Å². The van der Waals surface area contributed by atoms with Crippen molar-refractivity contribution in [3.63, 3.8) is 0 Å². The lowest BCUT2D eigenvalue weighted by Gasteiger charge is -2.12. The fourth-order valence-corrected chi connectivity index (χ4v) is 3.53. The molecule has 5 rings (SSSR count). The van der Waals surface area contributed by atoms with Crippen LogP contribution in [0.2, 0.25) is 0 Å². The third-order valence-electron chi connectivity index (χ3n) is 5.15. The summed E-state index contributed by atoms with van der Waals surface area (Å²) < 4.78 is 1.68. The molecule has 9 nitrogen and oxygen atoms in total. The molecule has 33 heavy (non-hydrogen) atoms. The van der Waals surface area contributed by atoms with Crippen molar-refractivity contribution in [2.45, 2.75) is 6.54 Å². The van der Waals surface area contributed by atoms with Gasteiger partial charge in [0, 0.05) is 49.3 Å². The first-order valence-corrected chi connectivity index (χ1v) is 10.3. The van der Waals surface area contributed by atoms with Gasteiger partial charge in [0.2, 0.25) is 0 Å². The number of nitrogens with zero attached hydrogens (tertiary/aromatic N) is 6. The van der Waals surface area contributed by atoms with Crippen LogP contribution in [0.15, 0.2) is 73.3 Å². The molecule has 0 unspecified atom stereocenters. The quantitative estimate of drug-likeness (QED) is 0.434. The summed E-state index contributed by atoms with van der Waals surface area (Å²) in [7, 11) is 1.82. The van der Waals surface area contributed by atoms with Gasteiger partial charge in [0.05, 0.1) is 11.2 Å². The Kier molecular flexibility index (Phi) is 5.19. The summed E-state index contributed by atoms with van der Waals surface area (Å²) in [4.78, 5) is 30.6. The van der Waals surface area contributed by atoms with Gasteiger partial charge in [-0.05, 0) is 35.9 Å². The molecular weight excluding hydrogens is 416 g/mol. The van der Waals surface area contributed by atoms with Crippen molar-refractivity contribution in [3.8, 4) is 22.6 Å². The molecule has 0 saturated carbocycles. The van der Waals surface area contributed by atoms with Gasteiger partial charge >= 0.3 is 0 Å². The molecule has 1 amide bonds. The Morgan fingerprint density at radius 1 is 1.06 bits per heavy atom. The number of carbonyl (C=O) groups is 1. The standard InChI is InChI=1S/C24H20N8O/c1-32-11-8-19(31-32)21-20(17-6-7-18-16(12-17)5-3-10-27-18)29-22(23(25)30-21)24(33)28-14-15-4-2-9-26-13-15/h2-13H,14H2,1H3,(H2,25,30)(H,28,33). The monoisotopic (exact) mass is 436 g/mol. The van der Waals surface area contributed by atoms with Crippen molar-refractivity contribution in [1.29, 1.82) is 0 Å². The summed E-state index contributed by atoms with van der Waals surface area (Å²) in [6, 6.07) is 15.1. The van der Waals surface area contributed by atoms with Gasteiger partial charge in [-0.25, -0.2) is 9.97 Å². The fraction of sp³-hybridized carbons (Fsp3) is 0.0833. The van der Waals surface area contributed by atoms with Gasteiger partial charge in [-0.15, -0.1) is 0 Å². The summed E-state index contributed by atoms with van der Waals surface area (Å²) >= 11 is 0. The minimum Gasteiger partial charge on any atom is -0.382 e. The topological polar surface area (TPSA) is 124 Å². The number of amides is 1. The summed E-state index contributed by atoms with van der Waals surface area (Å²) in [5.74, 6) is -0.384. The van der Waals surface area contributed by atoms with E-state index in [9.17, 15) is 4.79 Å². The Hall–Kier alpha value is -4.66. The van der Waals surface area contributed by atoms with Crippen molar-refractivity contribution in [3.05, 3.63) is 84.6 Å². The van der Waals surface area contributed by atoms with Gasteiger partial charge < -0.3 is 11.1 Å². The molecule has 0 atom stereocenters. The number of rotatable bonds is 5. The number of anilines is 1. The van der Waals surface area contributed by atoms with Crippen LogP contribution < -0.4 is 11.1 Å². The van der Waals surface area contributed by atoms with E-state index in [0.717, 1.165) is 22.0 Å². The normalized spacial score (nSPS) is 10.9. The van der Waals surface area contributed by atoms with E-state index in [1.165, 1.54) is 0 Å². The van der Waals surface area contributed by atoms with Crippen LogP contribution in [0.25, 0.3) is 33.5 Å². The zero-order valence-electron chi connectivity index (χ0n) is 17.8. The summed E-state index contributed by atoms with van der Waals surface area (Å²) in [6.45, 7) is 0.298. The van der Waals surface area contributed by atoms with E-state index in [-0.39, 0.29) is 11.5 Å². The number of aromatic nitrogens is 6. The average molecular weight is 436 g/mol. The third-order valence-corrected chi connectivity index (χ3v) is 5.15. The maximum absolute atomic E-state index is 12.9. The van der Waals surface area contributed by atoms with E-state index in [0.29, 0.717) is 23.6 Å². The maximum atomic E-state index is 12.9. The SMILES string of the molecule is Cn1ccc(-c2nc(N)c(C(=O)NCc3cccnc3)nc2-c2ccc3ncccc3c2)n1. The van der Waals surface area contributed by atoms with Crippen molar-refractivity contribution in [1.82, 2.24) is 35.0 Å².